The average Bonchev–Trinajstić information content (AvgIpc) is 3.07. The number of amides is 1. The lowest BCUT2D eigenvalue weighted by molar-refractivity contribution is -0.124. The molecule has 3 atom stereocenters. The van der Waals surface area contributed by atoms with Gasteiger partial charge in [-0.3, -0.25) is 4.79 Å². The molecule has 3 unspecified atom stereocenters. The minimum absolute atomic E-state index is 0.143. The van der Waals surface area contributed by atoms with Crippen LogP contribution in [0.15, 0.2) is 0 Å². The highest BCUT2D eigenvalue weighted by Gasteiger charge is 2.26. The second-order valence-corrected chi connectivity index (χ2v) is 14.7. The SMILES string of the molecule is CCCCCCCCCCC[CH+]CCCCCCCCCCCC(=O)NC(CO)C(O)C(O)CCCCCCCCCCCCCC. The van der Waals surface area contributed by atoms with Gasteiger partial charge in [0.15, 0.2) is 0 Å². The normalized spacial score (nSPS) is 13.5. The van der Waals surface area contributed by atoms with Crippen LogP contribution in [0.25, 0.3) is 0 Å². The monoisotopic (exact) mass is 667 g/mol. The van der Waals surface area contributed by atoms with Crippen molar-refractivity contribution in [1.82, 2.24) is 5.32 Å². The van der Waals surface area contributed by atoms with Crippen molar-refractivity contribution in [2.75, 3.05) is 6.61 Å². The quantitative estimate of drug-likeness (QED) is 0.0388. The number of unbranched alkanes of at least 4 members (excludes halogenated alkanes) is 31. The highest BCUT2D eigenvalue weighted by Crippen LogP contribution is 2.17. The van der Waals surface area contributed by atoms with E-state index in [0.717, 1.165) is 38.5 Å². The molecule has 4 N–H and O–H groups in total. The molecule has 0 aliphatic carbocycles. The van der Waals surface area contributed by atoms with Gasteiger partial charge in [0, 0.05) is 6.42 Å². The minimum atomic E-state index is -1.13. The molecule has 0 saturated heterocycles. The van der Waals surface area contributed by atoms with Gasteiger partial charge in [-0.1, -0.05) is 174 Å². The van der Waals surface area contributed by atoms with Crippen molar-refractivity contribution in [3.05, 3.63) is 6.42 Å². The number of nitrogens with one attached hydrogen (secondary N) is 1. The fraction of sp³-hybridized carbons (Fsp3) is 0.952. The lowest BCUT2D eigenvalue weighted by Gasteiger charge is -2.26. The number of aliphatic hydroxyl groups excluding tert-OH is 3. The maximum absolute atomic E-state index is 12.4. The zero-order valence-corrected chi connectivity index (χ0v) is 31.8. The number of rotatable bonds is 39. The summed E-state index contributed by atoms with van der Waals surface area (Å²) in [6.07, 6.45) is 42.6. The first-order valence-electron chi connectivity index (χ1n) is 21.1. The molecule has 0 heterocycles. The van der Waals surface area contributed by atoms with E-state index in [1.165, 1.54) is 167 Å². The molecule has 0 aliphatic heterocycles. The Kier molecular flexibility index (Phi) is 37.4. The maximum atomic E-state index is 12.4. The second-order valence-electron chi connectivity index (χ2n) is 14.7. The Morgan fingerprint density at radius 3 is 1.23 bits per heavy atom. The number of carbonyl (C=O) groups excluding carboxylic acids is 1. The van der Waals surface area contributed by atoms with Gasteiger partial charge in [0.05, 0.1) is 38.0 Å². The van der Waals surface area contributed by atoms with E-state index in [9.17, 15) is 20.1 Å². The van der Waals surface area contributed by atoms with Crippen molar-refractivity contribution < 1.29 is 20.1 Å². The van der Waals surface area contributed by atoms with Gasteiger partial charge in [0.25, 0.3) is 0 Å². The summed E-state index contributed by atoms with van der Waals surface area (Å²) in [4.78, 5) is 12.4. The second kappa shape index (κ2) is 38.0. The Labute approximate surface area is 294 Å². The zero-order chi connectivity index (χ0) is 34.5. The summed E-state index contributed by atoms with van der Waals surface area (Å²) < 4.78 is 0. The number of aliphatic hydroxyl groups is 3. The Hall–Kier alpha value is -0.780. The molecule has 0 radical (unpaired) electrons. The Morgan fingerprint density at radius 2 is 0.851 bits per heavy atom. The van der Waals surface area contributed by atoms with E-state index in [1.807, 2.05) is 0 Å². The summed E-state index contributed by atoms with van der Waals surface area (Å²) >= 11 is 0. The van der Waals surface area contributed by atoms with Gasteiger partial charge < -0.3 is 20.6 Å². The van der Waals surface area contributed by atoms with Crippen LogP contribution in [-0.4, -0.2) is 46.1 Å². The molecule has 0 spiro atoms. The molecule has 0 saturated carbocycles. The summed E-state index contributed by atoms with van der Waals surface area (Å²) in [5.74, 6) is -0.143. The molecule has 47 heavy (non-hydrogen) atoms. The van der Waals surface area contributed by atoms with Crippen LogP contribution in [0.2, 0.25) is 0 Å². The van der Waals surface area contributed by atoms with Crippen molar-refractivity contribution in [3.8, 4) is 0 Å². The molecule has 280 valence electrons. The highest BCUT2D eigenvalue weighted by atomic mass is 16.3. The Morgan fingerprint density at radius 1 is 0.511 bits per heavy atom. The molecule has 0 fully saturated rings. The topological polar surface area (TPSA) is 89.8 Å². The molecule has 0 rings (SSSR count). The van der Waals surface area contributed by atoms with Crippen molar-refractivity contribution in [2.24, 2.45) is 0 Å². The van der Waals surface area contributed by atoms with E-state index in [4.69, 9.17) is 0 Å². The van der Waals surface area contributed by atoms with Crippen molar-refractivity contribution in [2.45, 2.75) is 250 Å². The van der Waals surface area contributed by atoms with Gasteiger partial charge >= 0.3 is 0 Å². The van der Waals surface area contributed by atoms with Crippen LogP contribution in [0, 0.1) is 6.42 Å². The minimum Gasteiger partial charge on any atom is -0.394 e. The molecule has 5 heteroatoms. The summed E-state index contributed by atoms with van der Waals surface area (Å²) in [6, 6.07) is -0.803. The van der Waals surface area contributed by atoms with Gasteiger partial charge in [-0.15, -0.1) is 0 Å². The molecule has 0 aliphatic rings. The molecule has 0 bridgehead atoms. The summed E-state index contributed by atoms with van der Waals surface area (Å²) in [5.41, 5.74) is 0. The van der Waals surface area contributed by atoms with Gasteiger partial charge in [-0.2, -0.15) is 0 Å². The van der Waals surface area contributed by atoms with Crippen LogP contribution in [0.3, 0.4) is 0 Å². The van der Waals surface area contributed by atoms with Gasteiger partial charge in [0.1, 0.15) is 6.10 Å². The highest BCUT2D eigenvalue weighted by molar-refractivity contribution is 5.76. The van der Waals surface area contributed by atoms with Crippen molar-refractivity contribution >= 4 is 5.91 Å². The number of carbonyl (C=O) groups is 1. The van der Waals surface area contributed by atoms with Crippen LogP contribution in [0.5, 0.6) is 0 Å². The van der Waals surface area contributed by atoms with E-state index >= 15 is 0 Å². The lowest BCUT2D eigenvalue weighted by Crippen LogP contribution is -2.50. The number of hydrogen-bond acceptors (Lipinski definition) is 4. The van der Waals surface area contributed by atoms with E-state index in [-0.39, 0.29) is 12.5 Å². The van der Waals surface area contributed by atoms with Crippen LogP contribution in [-0.2, 0) is 4.79 Å². The third-order valence-corrected chi connectivity index (χ3v) is 10.0. The first-order chi connectivity index (χ1) is 23.1. The average molecular weight is 667 g/mol. The van der Waals surface area contributed by atoms with E-state index < -0.39 is 18.2 Å². The molecule has 0 aromatic carbocycles. The van der Waals surface area contributed by atoms with Crippen LogP contribution in [0.4, 0.5) is 0 Å². The first kappa shape index (κ1) is 46.2. The van der Waals surface area contributed by atoms with Crippen LogP contribution < -0.4 is 5.32 Å². The molecule has 0 aromatic rings. The van der Waals surface area contributed by atoms with E-state index in [1.54, 1.807) is 0 Å². The van der Waals surface area contributed by atoms with E-state index in [2.05, 4.69) is 25.6 Å². The third kappa shape index (κ3) is 33.5. The van der Waals surface area contributed by atoms with Gasteiger partial charge in [-0.25, -0.2) is 0 Å². The molecular formula is C42H84NO4+. The fourth-order valence-corrected chi connectivity index (χ4v) is 6.71. The van der Waals surface area contributed by atoms with E-state index in [0.29, 0.717) is 12.8 Å². The molecule has 5 nitrogen and oxygen atoms in total. The Bertz CT molecular complexity index is 615. The van der Waals surface area contributed by atoms with Gasteiger partial charge in [0.2, 0.25) is 5.91 Å². The maximum Gasteiger partial charge on any atom is 0.220 e. The van der Waals surface area contributed by atoms with Crippen molar-refractivity contribution in [3.63, 3.8) is 0 Å². The fourth-order valence-electron chi connectivity index (χ4n) is 6.71. The Balaban J connectivity index is 3.56. The standard InChI is InChI=1S/C42H83NO4/c1-3-5-7-9-11-13-15-17-18-19-20-21-22-23-24-25-27-29-31-33-35-37-41(46)43-39(38-44)42(47)40(45)36-34-32-30-28-26-16-14-12-10-8-6-4-2/h20,39-40,42,44-45,47H,3-19,21-38H2,1-2H3/p+1. The molecule has 0 aromatic heterocycles. The zero-order valence-electron chi connectivity index (χ0n) is 31.8. The molecular weight excluding hydrogens is 582 g/mol. The number of hydrogen-bond donors (Lipinski definition) is 4. The van der Waals surface area contributed by atoms with Crippen LogP contribution >= 0.6 is 0 Å². The lowest BCUT2D eigenvalue weighted by atomic mass is 9.99. The molecule has 1 amide bonds. The summed E-state index contributed by atoms with van der Waals surface area (Å²) in [7, 11) is 0. The smallest absolute Gasteiger partial charge is 0.220 e. The predicted octanol–water partition coefficient (Wildman–Crippen LogP) is 11.7. The van der Waals surface area contributed by atoms with Gasteiger partial charge in [-0.05, 0) is 38.5 Å². The third-order valence-electron chi connectivity index (χ3n) is 10.0. The summed E-state index contributed by atoms with van der Waals surface area (Å²) in [6.45, 7) is 4.18. The van der Waals surface area contributed by atoms with Crippen molar-refractivity contribution in [1.29, 1.82) is 0 Å². The largest absolute Gasteiger partial charge is 0.394 e. The summed E-state index contributed by atoms with van der Waals surface area (Å²) in [5, 5.41) is 33.4. The van der Waals surface area contributed by atoms with Crippen LogP contribution in [0.1, 0.15) is 232 Å². The predicted molar refractivity (Wildman–Crippen MR) is 204 cm³/mol. The first-order valence-corrected chi connectivity index (χ1v) is 21.1.